The molecular weight excluding hydrogens is 382 g/mol. The van der Waals surface area contributed by atoms with Crippen molar-refractivity contribution in [2.45, 2.75) is 19.3 Å². The quantitative estimate of drug-likeness (QED) is 0.514. The number of methoxy groups -OCH3 is 1. The molecule has 0 radical (unpaired) electrons. The van der Waals surface area contributed by atoms with Crippen LogP contribution in [0.1, 0.15) is 17.5 Å². The molecular formula is C24H19NO5. The van der Waals surface area contributed by atoms with Gasteiger partial charge in [-0.3, -0.25) is 9.59 Å². The van der Waals surface area contributed by atoms with Crippen molar-refractivity contribution in [3.63, 3.8) is 0 Å². The number of amides is 1. The summed E-state index contributed by atoms with van der Waals surface area (Å²) in [5.41, 5.74) is 3.74. The van der Waals surface area contributed by atoms with E-state index >= 15 is 0 Å². The number of carboxylic acid groups (broad SMARTS) is 1. The molecule has 6 nitrogen and oxygen atoms in total. The molecule has 0 bridgehead atoms. The highest BCUT2D eigenvalue weighted by Gasteiger charge is 2.22. The summed E-state index contributed by atoms with van der Waals surface area (Å²) in [4.78, 5) is 23.3. The molecule has 2 heterocycles. The number of ether oxygens (including phenoxy) is 1. The third-order valence-electron chi connectivity index (χ3n) is 5.55. The van der Waals surface area contributed by atoms with Gasteiger partial charge in [0.1, 0.15) is 17.1 Å². The fourth-order valence-electron chi connectivity index (χ4n) is 4.07. The first-order chi connectivity index (χ1) is 14.5. The van der Waals surface area contributed by atoms with E-state index in [0.29, 0.717) is 29.7 Å². The third kappa shape index (κ3) is 3.06. The molecule has 1 aliphatic rings. The number of rotatable bonds is 4. The lowest BCUT2D eigenvalue weighted by atomic mass is 9.97. The van der Waals surface area contributed by atoms with Crippen LogP contribution in [-0.4, -0.2) is 24.1 Å². The summed E-state index contributed by atoms with van der Waals surface area (Å²) in [6.45, 7) is 0. The van der Waals surface area contributed by atoms with Crippen LogP contribution in [0.25, 0.3) is 33.1 Å². The molecule has 5 rings (SSSR count). The maximum Gasteiger partial charge on any atom is 0.307 e. The van der Waals surface area contributed by atoms with Gasteiger partial charge >= 0.3 is 5.97 Å². The average molecular weight is 401 g/mol. The molecule has 1 amide bonds. The van der Waals surface area contributed by atoms with Gasteiger partial charge in [0.2, 0.25) is 5.91 Å². The van der Waals surface area contributed by atoms with Crippen LogP contribution >= 0.6 is 0 Å². The van der Waals surface area contributed by atoms with Crippen LogP contribution in [0.4, 0.5) is 5.69 Å². The van der Waals surface area contributed by atoms with E-state index < -0.39 is 5.97 Å². The van der Waals surface area contributed by atoms with E-state index in [9.17, 15) is 14.7 Å². The summed E-state index contributed by atoms with van der Waals surface area (Å²) >= 11 is 0. The summed E-state index contributed by atoms with van der Waals surface area (Å²) in [7, 11) is 1.63. The molecule has 0 unspecified atom stereocenters. The Kier molecular flexibility index (Phi) is 4.20. The van der Waals surface area contributed by atoms with Gasteiger partial charge in [0, 0.05) is 34.7 Å². The van der Waals surface area contributed by atoms with Crippen molar-refractivity contribution in [1.82, 2.24) is 0 Å². The zero-order valence-corrected chi connectivity index (χ0v) is 16.3. The molecule has 30 heavy (non-hydrogen) atoms. The molecule has 0 spiro atoms. The lowest BCUT2D eigenvalue weighted by Crippen LogP contribution is -2.18. The number of aliphatic carboxylic acids is 1. The molecule has 150 valence electrons. The first kappa shape index (κ1) is 18.2. The average Bonchev–Trinajstić information content (AvgIpc) is 3.08. The number of carbonyl (C=O) groups excluding carboxylic acids is 1. The minimum absolute atomic E-state index is 0.0238. The second kappa shape index (κ2) is 6.91. The van der Waals surface area contributed by atoms with Crippen LogP contribution in [0.3, 0.4) is 0 Å². The molecule has 3 aromatic carbocycles. The highest BCUT2D eigenvalue weighted by Crippen LogP contribution is 2.39. The summed E-state index contributed by atoms with van der Waals surface area (Å²) in [6.07, 6.45) is 0.904. The first-order valence-corrected chi connectivity index (χ1v) is 9.70. The Bertz CT molecular complexity index is 1330. The lowest BCUT2D eigenvalue weighted by Gasteiger charge is -2.16. The van der Waals surface area contributed by atoms with Crippen molar-refractivity contribution in [3.05, 3.63) is 59.7 Å². The van der Waals surface area contributed by atoms with Crippen LogP contribution in [-0.2, 0) is 22.4 Å². The molecule has 1 aliphatic heterocycles. The molecule has 2 N–H and O–H groups in total. The Balaban J connectivity index is 1.70. The maximum absolute atomic E-state index is 11.7. The van der Waals surface area contributed by atoms with Crippen LogP contribution in [0.15, 0.2) is 52.9 Å². The SMILES string of the molecule is COc1ccc2cc(-c3oc4cc5c(cc4c3CC(=O)O)CCC(=O)N5)ccc2c1. The number of hydrogen-bond acceptors (Lipinski definition) is 4. The van der Waals surface area contributed by atoms with Gasteiger partial charge in [0.15, 0.2) is 0 Å². The molecule has 4 aromatic rings. The zero-order valence-electron chi connectivity index (χ0n) is 16.3. The van der Waals surface area contributed by atoms with E-state index in [2.05, 4.69) is 5.32 Å². The zero-order chi connectivity index (χ0) is 20.8. The Labute approximate surface area is 172 Å². The van der Waals surface area contributed by atoms with E-state index in [0.717, 1.165) is 38.7 Å². The minimum atomic E-state index is -0.921. The predicted molar refractivity (Wildman–Crippen MR) is 114 cm³/mol. The Hall–Kier alpha value is -3.80. The van der Waals surface area contributed by atoms with Gasteiger partial charge in [-0.2, -0.15) is 0 Å². The van der Waals surface area contributed by atoms with Gasteiger partial charge in [-0.05, 0) is 47.0 Å². The molecule has 0 atom stereocenters. The molecule has 0 fully saturated rings. The van der Waals surface area contributed by atoms with Crippen molar-refractivity contribution < 1.29 is 23.8 Å². The number of anilines is 1. The minimum Gasteiger partial charge on any atom is -0.497 e. The van der Waals surface area contributed by atoms with E-state index in [1.807, 2.05) is 42.5 Å². The third-order valence-corrected chi connectivity index (χ3v) is 5.55. The van der Waals surface area contributed by atoms with E-state index in [1.54, 1.807) is 13.2 Å². The van der Waals surface area contributed by atoms with Crippen LogP contribution in [0.5, 0.6) is 5.75 Å². The largest absolute Gasteiger partial charge is 0.497 e. The number of fused-ring (bicyclic) bond motifs is 3. The standard InChI is InChI=1S/C24H19NO5/c1-29-17-6-4-13-8-16(3-2-14(13)9-17)24-19(11-23(27)28)18-10-15-5-7-22(26)25-20(15)12-21(18)30-24/h2-4,6,8-10,12H,5,7,11H2,1H3,(H,25,26)(H,27,28). The van der Waals surface area contributed by atoms with Crippen LogP contribution in [0, 0.1) is 0 Å². The second-order valence-electron chi connectivity index (χ2n) is 7.46. The normalized spacial score (nSPS) is 13.3. The Morgan fingerprint density at radius 2 is 1.90 bits per heavy atom. The van der Waals surface area contributed by atoms with E-state index in [1.165, 1.54) is 0 Å². The van der Waals surface area contributed by atoms with Crippen molar-refractivity contribution in [2.24, 2.45) is 0 Å². The number of furan rings is 1. The van der Waals surface area contributed by atoms with Gasteiger partial charge in [-0.25, -0.2) is 0 Å². The Morgan fingerprint density at radius 1 is 1.10 bits per heavy atom. The monoisotopic (exact) mass is 401 g/mol. The highest BCUT2D eigenvalue weighted by atomic mass is 16.5. The van der Waals surface area contributed by atoms with Gasteiger partial charge in [0.05, 0.1) is 13.5 Å². The maximum atomic E-state index is 11.7. The molecule has 6 heteroatoms. The highest BCUT2D eigenvalue weighted by molar-refractivity contribution is 6.00. The smallest absolute Gasteiger partial charge is 0.307 e. The molecule has 0 saturated heterocycles. The fourth-order valence-corrected chi connectivity index (χ4v) is 4.07. The van der Waals surface area contributed by atoms with Crippen LogP contribution in [0.2, 0.25) is 0 Å². The second-order valence-corrected chi connectivity index (χ2v) is 7.46. The number of carboxylic acids is 1. The van der Waals surface area contributed by atoms with Crippen molar-refractivity contribution in [2.75, 3.05) is 12.4 Å². The van der Waals surface area contributed by atoms with Gasteiger partial charge in [-0.15, -0.1) is 0 Å². The lowest BCUT2D eigenvalue weighted by molar-refractivity contribution is -0.136. The van der Waals surface area contributed by atoms with Crippen molar-refractivity contribution >= 4 is 39.3 Å². The fraction of sp³-hybridized carbons (Fsp3) is 0.167. The number of aryl methyl sites for hydroxylation is 1. The van der Waals surface area contributed by atoms with Gasteiger partial charge < -0.3 is 19.6 Å². The molecule has 0 aliphatic carbocycles. The number of carbonyl (C=O) groups is 2. The summed E-state index contributed by atoms with van der Waals surface area (Å²) in [5, 5.41) is 15.2. The molecule has 0 saturated carbocycles. The summed E-state index contributed by atoms with van der Waals surface area (Å²) in [5.74, 6) is 0.372. The Morgan fingerprint density at radius 3 is 2.70 bits per heavy atom. The first-order valence-electron chi connectivity index (χ1n) is 9.70. The van der Waals surface area contributed by atoms with Crippen molar-refractivity contribution in [3.8, 4) is 17.1 Å². The van der Waals surface area contributed by atoms with Crippen molar-refractivity contribution in [1.29, 1.82) is 0 Å². The van der Waals surface area contributed by atoms with E-state index in [-0.39, 0.29) is 12.3 Å². The van der Waals surface area contributed by atoms with Gasteiger partial charge in [0.25, 0.3) is 0 Å². The molecule has 1 aromatic heterocycles. The van der Waals surface area contributed by atoms with Gasteiger partial charge in [-0.1, -0.05) is 18.2 Å². The number of benzene rings is 3. The topological polar surface area (TPSA) is 88.8 Å². The predicted octanol–water partition coefficient (Wildman–Crippen LogP) is 4.77. The summed E-state index contributed by atoms with van der Waals surface area (Å²) < 4.78 is 11.4. The number of nitrogens with one attached hydrogen (secondary N) is 1. The van der Waals surface area contributed by atoms with Crippen LogP contribution < -0.4 is 10.1 Å². The van der Waals surface area contributed by atoms with E-state index in [4.69, 9.17) is 9.15 Å². The number of hydrogen-bond donors (Lipinski definition) is 2. The summed E-state index contributed by atoms with van der Waals surface area (Å²) in [6, 6.07) is 15.4.